The molecule has 0 aliphatic carbocycles. The molecule has 2 heterocycles. The van der Waals surface area contributed by atoms with Gasteiger partial charge in [-0.1, -0.05) is 37.6 Å². The maximum absolute atomic E-state index is 14.5. The van der Waals surface area contributed by atoms with Gasteiger partial charge in [-0.3, -0.25) is 14.4 Å². The maximum atomic E-state index is 14.5. The first-order chi connectivity index (χ1) is 21.4. The van der Waals surface area contributed by atoms with Crippen molar-refractivity contribution in [1.29, 1.82) is 0 Å². The number of methoxy groups -OCH3 is 2. The SMILES string of the molecule is CCOc1cc(C[C@H]2O[C@H](c3cccc(OC)c3OC)c3cc(Cl)ccc3N(CC(C)(C)COC(C)=O)C2=O)nn1CC(=O)O. The minimum atomic E-state index is -1.09. The fourth-order valence-electron chi connectivity index (χ4n) is 5.24. The number of benzene rings is 2. The third-order valence-electron chi connectivity index (χ3n) is 7.14. The number of anilines is 1. The Morgan fingerprint density at radius 1 is 1.11 bits per heavy atom. The van der Waals surface area contributed by atoms with Crippen LogP contribution in [0.15, 0.2) is 42.5 Å². The number of esters is 1. The molecule has 1 amide bonds. The number of para-hydroxylation sites is 1. The number of carboxylic acid groups (broad SMARTS) is 1. The first-order valence-electron chi connectivity index (χ1n) is 14.4. The molecule has 242 valence electrons. The average molecular weight is 644 g/mol. The number of ether oxygens (including phenoxy) is 5. The second-order valence-electron chi connectivity index (χ2n) is 11.3. The Balaban J connectivity index is 1.87. The highest BCUT2D eigenvalue weighted by Crippen LogP contribution is 2.45. The highest BCUT2D eigenvalue weighted by Gasteiger charge is 2.40. The van der Waals surface area contributed by atoms with E-state index in [-0.39, 0.29) is 31.4 Å². The van der Waals surface area contributed by atoms with Crippen molar-refractivity contribution in [3.8, 4) is 17.4 Å². The van der Waals surface area contributed by atoms with Gasteiger partial charge in [0.15, 0.2) is 11.5 Å². The molecule has 3 aromatic rings. The van der Waals surface area contributed by atoms with Crippen molar-refractivity contribution in [3.05, 3.63) is 64.3 Å². The fraction of sp³-hybridized carbons (Fsp3) is 0.438. The Hall–Kier alpha value is -4.29. The molecule has 0 saturated carbocycles. The average Bonchev–Trinajstić information content (AvgIpc) is 3.31. The van der Waals surface area contributed by atoms with Crippen LogP contribution in [0.1, 0.15) is 50.6 Å². The molecule has 2 atom stereocenters. The highest BCUT2D eigenvalue weighted by molar-refractivity contribution is 6.30. The van der Waals surface area contributed by atoms with Gasteiger partial charge in [0.2, 0.25) is 5.88 Å². The molecule has 13 heteroatoms. The lowest BCUT2D eigenvalue weighted by Crippen LogP contribution is -2.46. The van der Waals surface area contributed by atoms with E-state index in [9.17, 15) is 19.5 Å². The van der Waals surface area contributed by atoms with Crippen molar-refractivity contribution in [1.82, 2.24) is 9.78 Å². The molecular weight excluding hydrogens is 606 g/mol. The number of hydrogen-bond donors (Lipinski definition) is 1. The van der Waals surface area contributed by atoms with Crippen LogP contribution in [0.25, 0.3) is 0 Å². The summed E-state index contributed by atoms with van der Waals surface area (Å²) in [6.07, 6.45) is -1.94. The Labute approximate surface area is 266 Å². The third kappa shape index (κ3) is 7.87. The summed E-state index contributed by atoms with van der Waals surface area (Å²) in [6, 6.07) is 12.2. The van der Waals surface area contributed by atoms with Gasteiger partial charge in [-0.2, -0.15) is 5.10 Å². The molecule has 45 heavy (non-hydrogen) atoms. The van der Waals surface area contributed by atoms with Crippen molar-refractivity contribution in [2.45, 2.75) is 52.9 Å². The molecular formula is C32H38ClN3O9. The van der Waals surface area contributed by atoms with Crippen LogP contribution in [0, 0.1) is 5.41 Å². The standard InChI is InChI=1S/C32H38ClN3O9/c1-7-43-27-15-21(34-36(27)16-28(38)39)14-26-31(40)35(17-32(3,4)18-44-19(2)37)24-12-11-20(33)13-23(24)29(45-26)22-9-8-10-25(41-5)30(22)42-6/h8-13,15,26,29H,7,14,16-18H2,1-6H3,(H,38,39)/t26-,29-/m1/s1. The molecule has 1 aromatic heterocycles. The number of halogens is 1. The minimum absolute atomic E-state index is 0.00307. The van der Waals surface area contributed by atoms with Gasteiger partial charge in [-0.05, 0) is 31.2 Å². The molecule has 4 rings (SSSR count). The number of carbonyl (C=O) groups is 3. The number of aliphatic carboxylic acids is 1. The van der Waals surface area contributed by atoms with E-state index in [1.165, 1.54) is 25.8 Å². The van der Waals surface area contributed by atoms with Gasteiger partial charge in [0.25, 0.3) is 5.91 Å². The van der Waals surface area contributed by atoms with E-state index in [1.54, 1.807) is 48.2 Å². The smallest absolute Gasteiger partial charge is 0.325 e. The first kappa shape index (κ1) is 33.6. The van der Waals surface area contributed by atoms with Crippen molar-refractivity contribution in [2.24, 2.45) is 5.41 Å². The predicted molar refractivity (Wildman–Crippen MR) is 165 cm³/mol. The van der Waals surface area contributed by atoms with E-state index in [4.69, 9.17) is 35.3 Å². The molecule has 0 unspecified atom stereocenters. The Morgan fingerprint density at radius 2 is 1.87 bits per heavy atom. The summed E-state index contributed by atoms with van der Waals surface area (Å²) in [5.74, 6) is -0.726. The van der Waals surface area contributed by atoms with Crippen LogP contribution >= 0.6 is 11.6 Å². The molecule has 0 saturated heterocycles. The number of nitrogens with zero attached hydrogens (tertiary/aromatic N) is 3. The Kier molecular flexibility index (Phi) is 10.6. The minimum Gasteiger partial charge on any atom is -0.493 e. The van der Waals surface area contributed by atoms with Gasteiger partial charge in [0.1, 0.15) is 18.8 Å². The van der Waals surface area contributed by atoms with Crippen LogP contribution in [0.4, 0.5) is 5.69 Å². The zero-order valence-electron chi connectivity index (χ0n) is 26.2. The molecule has 1 aliphatic rings. The summed E-state index contributed by atoms with van der Waals surface area (Å²) in [5, 5.41) is 14.3. The van der Waals surface area contributed by atoms with Crippen molar-refractivity contribution in [3.63, 3.8) is 0 Å². The van der Waals surface area contributed by atoms with Gasteiger partial charge < -0.3 is 33.7 Å². The van der Waals surface area contributed by atoms with Crippen molar-refractivity contribution >= 4 is 35.1 Å². The lowest BCUT2D eigenvalue weighted by molar-refractivity contribution is -0.144. The van der Waals surface area contributed by atoms with E-state index in [1.807, 2.05) is 19.9 Å². The van der Waals surface area contributed by atoms with E-state index in [2.05, 4.69) is 5.10 Å². The van der Waals surface area contributed by atoms with Gasteiger partial charge in [0, 0.05) is 53.2 Å². The molecule has 0 radical (unpaired) electrons. The number of carboxylic acids is 1. The predicted octanol–water partition coefficient (Wildman–Crippen LogP) is 4.69. The van der Waals surface area contributed by atoms with Crippen LogP contribution in [0.3, 0.4) is 0 Å². The number of amides is 1. The van der Waals surface area contributed by atoms with Crippen LogP contribution in [0.5, 0.6) is 17.4 Å². The summed E-state index contributed by atoms with van der Waals surface area (Å²) in [7, 11) is 3.05. The molecule has 0 spiro atoms. The van der Waals surface area contributed by atoms with Gasteiger partial charge in [-0.15, -0.1) is 0 Å². The summed E-state index contributed by atoms with van der Waals surface area (Å²) < 4.78 is 30.2. The third-order valence-corrected chi connectivity index (χ3v) is 7.37. The molecule has 12 nitrogen and oxygen atoms in total. The highest BCUT2D eigenvalue weighted by atomic mass is 35.5. The van der Waals surface area contributed by atoms with Gasteiger partial charge in [-0.25, -0.2) is 4.68 Å². The number of aromatic nitrogens is 2. The van der Waals surface area contributed by atoms with Crippen molar-refractivity contribution in [2.75, 3.05) is 38.9 Å². The Bertz CT molecular complexity index is 1550. The summed E-state index contributed by atoms with van der Waals surface area (Å²) in [5.41, 5.74) is 1.52. The molecule has 1 N–H and O–H groups in total. The fourth-order valence-corrected chi connectivity index (χ4v) is 5.42. The normalized spacial score (nSPS) is 16.5. The number of carbonyl (C=O) groups excluding carboxylic acids is 2. The monoisotopic (exact) mass is 643 g/mol. The second-order valence-corrected chi connectivity index (χ2v) is 11.8. The Morgan fingerprint density at radius 3 is 2.51 bits per heavy atom. The van der Waals surface area contributed by atoms with E-state index < -0.39 is 36.1 Å². The molecule has 0 bridgehead atoms. The zero-order valence-corrected chi connectivity index (χ0v) is 26.9. The second kappa shape index (κ2) is 14.2. The van der Waals surface area contributed by atoms with Gasteiger partial charge in [0.05, 0.1) is 33.1 Å². The molecule has 0 fully saturated rings. The summed E-state index contributed by atoms with van der Waals surface area (Å²) in [6.45, 7) is 7.02. The van der Waals surface area contributed by atoms with E-state index in [0.29, 0.717) is 45.6 Å². The van der Waals surface area contributed by atoms with Crippen LogP contribution in [0.2, 0.25) is 5.02 Å². The van der Waals surface area contributed by atoms with Gasteiger partial charge >= 0.3 is 11.9 Å². The lowest BCUT2D eigenvalue weighted by atomic mass is 9.92. The van der Waals surface area contributed by atoms with Crippen LogP contribution < -0.4 is 19.1 Å². The largest absolute Gasteiger partial charge is 0.493 e. The number of fused-ring (bicyclic) bond motifs is 1. The van der Waals surface area contributed by atoms with Crippen molar-refractivity contribution < 1.29 is 43.2 Å². The quantitative estimate of drug-likeness (QED) is 0.261. The number of hydrogen-bond acceptors (Lipinski definition) is 9. The topological polar surface area (TPSA) is 139 Å². The number of rotatable bonds is 13. The first-order valence-corrected chi connectivity index (χ1v) is 14.8. The van der Waals surface area contributed by atoms with E-state index >= 15 is 0 Å². The molecule has 2 aromatic carbocycles. The van der Waals surface area contributed by atoms with Crippen LogP contribution in [-0.2, 0) is 36.8 Å². The van der Waals surface area contributed by atoms with E-state index in [0.717, 1.165) is 0 Å². The summed E-state index contributed by atoms with van der Waals surface area (Å²) >= 11 is 6.53. The summed E-state index contributed by atoms with van der Waals surface area (Å²) in [4.78, 5) is 39.2. The maximum Gasteiger partial charge on any atom is 0.325 e. The lowest BCUT2D eigenvalue weighted by Gasteiger charge is -2.33. The zero-order chi connectivity index (χ0) is 32.9. The molecule has 1 aliphatic heterocycles. The van der Waals surface area contributed by atoms with Crippen LogP contribution in [-0.4, -0.2) is 72.8 Å².